The van der Waals surface area contributed by atoms with Crippen LogP contribution in [0.15, 0.2) is 0 Å². The minimum Gasteiger partial charge on any atom is -0.365 e. The predicted molar refractivity (Wildman–Crippen MR) is 46.5 cm³/mol. The van der Waals surface area contributed by atoms with E-state index in [2.05, 4.69) is 0 Å². The third kappa shape index (κ3) is 1.38. The van der Waals surface area contributed by atoms with Crippen molar-refractivity contribution >= 4 is 0 Å². The van der Waals surface area contributed by atoms with Gasteiger partial charge < -0.3 is 10.2 Å². The highest BCUT2D eigenvalue weighted by Gasteiger charge is 2.43. The van der Waals surface area contributed by atoms with Crippen molar-refractivity contribution in [2.75, 3.05) is 0 Å². The molecule has 0 spiro atoms. The molecule has 2 N–H and O–H groups in total. The quantitative estimate of drug-likeness (QED) is 0.543. The Morgan fingerprint density at radius 1 is 0.917 bits per heavy atom. The van der Waals surface area contributed by atoms with E-state index in [9.17, 15) is 10.2 Å². The lowest BCUT2D eigenvalue weighted by Gasteiger charge is -2.43. The van der Waals surface area contributed by atoms with Crippen molar-refractivity contribution in [3.8, 4) is 0 Å². The van der Waals surface area contributed by atoms with E-state index in [1.165, 1.54) is 25.7 Å². The van der Waals surface area contributed by atoms with Gasteiger partial charge in [-0.25, -0.2) is 0 Å². The Hall–Kier alpha value is -0.0800. The molecule has 2 aliphatic carbocycles. The Labute approximate surface area is 73.6 Å². The standard InChI is InChI=1S/C10H18O2/c11-10(12)7-3-5-8-4-1-2-6-9(8)10/h8-9,11-12H,1-7H2. The van der Waals surface area contributed by atoms with Crippen molar-refractivity contribution < 1.29 is 10.2 Å². The first kappa shape index (κ1) is 8.52. The SMILES string of the molecule is OC1(O)CCCC2CCCCC21. The molecule has 12 heavy (non-hydrogen) atoms. The molecule has 0 heterocycles. The lowest BCUT2D eigenvalue weighted by atomic mass is 9.68. The van der Waals surface area contributed by atoms with E-state index >= 15 is 0 Å². The number of hydrogen-bond donors (Lipinski definition) is 2. The molecule has 2 nitrogen and oxygen atoms in total. The maximum Gasteiger partial charge on any atom is 0.165 e. The fourth-order valence-corrected chi connectivity index (χ4v) is 2.97. The van der Waals surface area contributed by atoms with E-state index in [1.807, 2.05) is 0 Å². The summed E-state index contributed by atoms with van der Waals surface area (Å²) in [5.41, 5.74) is 0. The van der Waals surface area contributed by atoms with Gasteiger partial charge in [0, 0.05) is 12.3 Å². The van der Waals surface area contributed by atoms with Gasteiger partial charge in [0.05, 0.1) is 0 Å². The summed E-state index contributed by atoms with van der Waals surface area (Å²) in [6.07, 6.45) is 7.52. The average molecular weight is 170 g/mol. The van der Waals surface area contributed by atoms with Crippen molar-refractivity contribution in [2.24, 2.45) is 11.8 Å². The van der Waals surface area contributed by atoms with Crippen LogP contribution in [-0.4, -0.2) is 16.0 Å². The molecule has 2 heteroatoms. The van der Waals surface area contributed by atoms with E-state index in [-0.39, 0.29) is 5.92 Å². The fraction of sp³-hybridized carbons (Fsp3) is 1.00. The summed E-state index contributed by atoms with van der Waals surface area (Å²) < 4.78 is 0. The molecular formula is C10H18O2. The monoisotopic (exact) mass is 170 g/mol. The van der Waals surface area contributed by atoms with Gasteiger partial charge in [-0.05, 0) is 31.6 Å². The molecule has 0 aromatic heterocycles. The zero-order chi connectivity index (χ0) is 8.60. The molecule has 0 aliphatic heterocycles. The highest BCUT2D eigenvalue weighted by Crippen LogP contribution is 2.44. The normalized spacial score (nSPS) is 40.5. The smallest absolute Gasteiger partial charge is 0.165 e. The first-order valence-corrected chi connectivity index (χ1v) is 5.15. The van der Waals surface area contributed by atoms with E-state index in [1.54, 1.807) is 0 Å². The number of aliphatic hydroxyl groups is 2. The maximum absolute atomic E-state index is 9.73. The van der Waals surface area contributed by atoms with Crippen LogP contribution in [0.5, 0.6) is 0 Å². The Kier molecular flexibility index (Phi) is 2.13. The maximum atomic E-state index is 9.73. The molecule has 70 valence electrons. The zero-order valence-electron chi connectivity index (χ0n) is 7.50. The lowest BCUT2D eigenvalue weighted by molar-refractivity contribution is -0.236. The van der Waals surface area contributed by atoms with Crippen molar-refractivity contribution in [1.29, 1.82) is 0 Å². The molecular weight excluding hydrogens is 152 g/mol. The molecule has 2 fully saturated rings. The molecule has 2 atom stereocenters. The molecule has 2 aliphatic rings. The van der Waals surface area contributed by atoms with Crippen LogP contribution in [0.25, 0.3) is 0 Å². The number of hydrogen-bond acceptors (Lipinski definition) is 2. The number of fused-ring (bicyclic) bond motifs is 1. The zero-order valence-corrected chi connectivity index (χ0v) is 7.50. The van der Waals surface area contributed by atoms with Crippen molar-refractivity contribution in [1.82, 2.24) is 0 Å². The van der Waals surface area contributed by atoms with Gasteiger partial charge in [0.2, 0.25) is 0 Å². The molecule has 2 saturated carbocycles. The molecule has 2 unspecified atom stereocenters. The topological polar surface area (TPSA) is 40.5 Å². The van der Waals surface area contributed by atoms with Gasteiger partial charge in [0.1, 0.15) is 0 Å². The molecule has 0 amide bonds. The molecule has 0 bridgehead atoms. The highest BCUT2D eigenvalue weighted by atomic mass is 16.5. The summed E-state index contributed by atoms with van der Waals surface area (Å²) in [4.78, 5) is 0. The third-order valence-electron chi connectivity index (χ3n) is 3.62. The van der Waals surface area contributed by atoms with Gasteiger partial charge in [-0.3, -0.25) is 0 Å². The first-order chi connectivity index (χ1) is 5.70. The summed E-state index contributed by atoms with van der Waals surface area (Å²) in [6.45, 7) is 0. The Morgan fingerprint density at radius 2 is 1.58 bits per heavy atom. The first-order valence-electron chi connectivity index (χ1n) is 5.15. The van der Waals surface area contributed by atoms with Crippen LogP contribution in [0.4, 0.5) is 0 Å². The minimum absolute atomic E-state index is 0.181. The molecule has 0 aromatic rings. The van der Waals surface area contributed by atoms with Crippen LogP contribution in [0.3, 0.4) is 0 Å². The van der Waals surface area contributed by atoms with Gasteiger partial charge >= 0.3 is 0 Å². The minimum atomic E-state index is -1.33. The second-order valence-corrected chi connectivity index (χ2v) is 4.42. The molecule has 0 radical (unpaired) electrons. The van der Waals surface area contributed by atoms with E-state index < -0.39 is 5.79 Å². The van der Waals surface area contributed by atoms with E-state index in [0.717, 1.165) is 12.8 Å². The highest BCUT2D eigenvalue weighted by molar-refractivity contribution is 4.88. The van der Waals surface area contributed by atoms with Crippen molar-refractivity contribution in [3.05, 3.63) is 0 Å². The van der Waals surface area contributed by atoms with Gasteiger partial charge in [-0.2, -0.15) is 0 Å². The Bertz CT molecular complexity index is 163. The number of rotatable bonds is 0. The van der Waals surface area contributed by atoms with Crippen LogP contribution in [-0.2, 0) is 0 Å². The Balaban J connectivity index is 2.09. The van der Waals surface area contributed by atoms with Crippen molar-refractivity contribution in [2.45, 2.75) is 50.7 Å². The largest absolute Gasteiger partial charge is 0.365 e. The van der Waals surface area contributed by atoms with Crippen LogP contribution in [0.2, 0.25) is 0 Å². The second-order valence-electron chi connectivity index (χ2n) is 4.42. The van der Waals surface area contributed by atoms with Crippen molar-refractivity contribution in [3.63, 3.8) is 0 Å². The fourth-order valence-electron chi connectivity index (χ4n) is 2.97. The predicted octanol–water partition coefficient (Wildman–Crippen LogP) is 1.66. The molecule has 2 rings (SSSR count). The Morgan fingerprint density at radius 3 is 2.33 bits per heavy atom. The summed E-state index contributed by atoms with van der Waals surface area (Å²) >= 11 is 0. The summed E-state index contributed by atoms with van der Waals surface area (Å²) in [5.74, 6) is -0.550. The van der Waals surface area contributed by atoms with E-state index in [0.29, 0.717) is 12.3 Å². The van der Waals surface area contributed by atoms with Crippen LogP contribution in [0.1, 0.15) is 44.9 Å². The van der Waals surface area contributed by atoms with Crippen LogP contribution < -0.4 is 0 Å². The second kappa shape index (κ2) is 3.00. The molecule has 0 aromatic carbocycles. The van der Waals surface area contributed by atoms with Gasteiger partial charge in [-0.1, -0.05) is 12.8 Å². The van der Waals surface area contributed by atoms with Crippen LogP contribution in [0, 0.1) is 11.8 Å². The summed E-state index contributed by atoms with van der Waals surface area (Å²) in [6, 6.07) is 0. The summed E-state index contributed by atoms with van der Waals surface area (Å²) in [7, 11) is 0. The van der Waals surface area contributed by atoms with Gasteiger partial charge in [-0.15, -0.1) is 0 Å². The van der Waals surface area contributed by atoms with Gasteiger partial charge in [0.25, 0.3) is 0 Å². The van der Waals surface area contributed by atoms with Crippen LogP contribution >= 0.6 is 0 Å². The lowest BCUT2D eigenvalue weighted by Crippen LogP contribution is -2.46. The van der Waals surface area contributed by atoms with Gasteiger partial charge in [0.15, 0.2) is 5.79 Å². The average Bonchev–Trinajstić information content (AvgIpc) is 2.04. The molecule has 0 saturated heterocycles. The van der Waals surface area contributed by atoms with E-state index in [4.69, 9.17) is 0 Å². The summed E-state index contributed by atoms with van der Waals surface area (Å²) in [5, 5.41) is 19.5. The third-order valence-corrected chi connectivity index (χ3v) is 3.62.